The van der Waals surface area contributed by atoms with Crippen LogP contribution in [0.15, 0.2) is 24.3 Å². The Kier molecular flexibility index (Phi) is 7.11. The second-order valence-electron chi connectivity index (χ2n) is 4.58. The van der Waals surface area contributed by atoms with Crippen molar-refractivity contribution in [1.29, 1.82) is 0 Å². The molecule has 3 nitrogen and oxygen atoms in total. The average molecular weight is 278 g/mol. The van der Waals surface area contributed by atoms with Crippen LogP contribution in [0.2, 0.25) is 0 Å². The maximum Gasteiger partial charge on any atom is 0.170 e. The van der Waals surface area contributed by atoms with Gasteiger partial charge in [-0.25, -0.2) is 0 Å². The van der Waals surface area contributed by atoms with Crippen molar-refractivity contribution in [2.75, 3.05) is 11.9 Å². The number of thiocarbonyl (C=S) groups is 1. The summed E-state index contributed by atoms with van der Waals surface area (Å²) in [4.78, 5) is 11.1. The van der Waals surface area contributed by atoms with E-state index >= 15 is 0 Å². The number of carbonyl (C=O) groups excluding carboxylic acids is 1. The molecule has 2 N–H and O–H groups in total. The second-order valence-corrected chi connectivity index (χ2v) is 4.98. The Balaban J connectivity index is 2.30. The average Bonchev–Trinajstić information content (AvgIpc) is 2.39. The van der Waals surface area contributed by atoms with Gasteiger partial charge in [-0.05, 0) is 49.8 Å². The molecule has 104 valence electrons. The number of unbranched alkanes of at least 4 members (excludes halogenated alkanes) is 3. The molecule has 0 aliphatic carbocycles. The number of hydrogen-bond acceptors (Lipinski definition) is 2. The lowest BCUT2D eigenvalue weighted by Gasteiger charge is -2.10. The molecule has 0 fully saturated rings. The molecular weight excluding hydrogens is 256 g/mol. The van der Waals surface area contributed by atoms with E-state index in [1.165, 1.54) is 19.3 Å². The summed E-state index contributed by atoms with van der Waals surface area (Å²) in [5.74, 6) is 0.0724. The summed E-state index contributed by atoms with van der Waals surface area (Å²) >= 11 is 5.21. The van der Waals surface area contributed by atoms with Crippen molar-refractivity contribution in [3.8, 4) is 0 Å². The molecule has 1 aromatic rings. The van der Waals surface area contributed by atoms with Gasteiger partial charge in [-0.3, -0.25) is 4.79 Å². The van der Waals surface area contributed by atoms with Crippen LogP contribution in [0.4, 0.5) is 5.69 Å². The number of hydrogen-bond donors (Lipinski definition) is 2. The van der Waals surface area contributed by atoms with Crippen LogP contribution >= 0.6 is 12.2 Å². The van der Waals surface area contributed by atoms with Gasteiger partial charge in [0.1, 0.15) is 0 Å². The zero-order chi connectivity index (χ0) is 14.1. The Morgan fingerprint density at radius 2 is 1.84 bits per heavy atom. The first-order chi connectivity index (χ1) is 9.13. The van der Waals surface area contributed by atoms with Crippen molar-refractivity contribution >= 4 is 28.8 Å². The molecule has 0 bridgehead atoms. The molecule has 0 amide bonds. The summed E-state index contributed by atoms with van der Waals surface area (Å²) in [5.41, 5.74) is 1.61. The van der Waals surface area contributed by atoms with Crippen LogP contribution in [0.25, 0.3) is 0 Å². The van der Waals surface area contributed by atoms with Gasteiger partial charge in [-0.15, -0.1) is 0 Å². The lowest BCUT2D eigenvalue weighted by atomic mass is 10.1. The van der Waals surface area contributed by atoms with Gasteiger partial charge >= 0.3 is 0 Å². The molecule has 0 aliphatic heterocycles. The topological polar surface area (TPSA) is 41.1 Å². The first-order valence-corrected chi connectivity index (χ1v) is 7.20. The first-order valence-electron chi connectivity index (χ1n) is 6.79. The molecule has 0 aromatic heterocycles. The molecular formula is C15H22N2OS. The number of anilines is 1. The zero-order valence-corrected chi connectivity index (χ0v) is 12.5. The van der Waals surface area contributed by atoms with E-state index in [0.717, 1.165) is 18.7 Å². The Hall–Kier alpha value is -1.42. The van der Waals surface area contributed by atoms with Crippen LogP contribution in [0, 0.1) is 0 Å². The highest BCUT2D eigenvalue weighted by molar-refractivity contribution is 7.80. The number of carbonyl (C=O) groups is 1. The molecule has 0 spiro atoms. The van der Waals surface area contributed by atoms with Gasteiger partial charge in [0.25, 0.3) is 0 Å². The number of rotatable bonds is 7. The van der Waals surface area contributed by atoms with Gasteiger partial charge in [0.2, 0.25) is 0 Å². The Morgan fingerprint density at radius 3 is 2.42 bits per heavy atom. The Labute approximate surface area is 120 Å². The van der Waals surface area contributed by atoms with Gasteiger partial charge in [0.05, 0.1) is 0 Å². The molecule has 4 heteroatoms. The Morgan fingerprint density at radius 1 is 1.16 bits per heavy atom. The number of nitrogens with one attached hydrogen (secondary N) is 2. The highest BCUT2D eigenvalue weighted by atomic mass is 32.1. The van der Waals surface area contributed by atoms with Crippen LogP contribution < -0.4 is 10.6 Å². The van der Waals surface area contributed by atoms with E-state index in [1.807, 2.05) is 12.1 Å². The number of Topliss-reactive ketones (excluding diaryl/α,β-unsaturated/α-hetero) is 1. The normalized spacial score (nSPS) is 10.0. The van der Waals surface area contributed by atoms with E-state index in [0.29, 0.717) is 10.7 Å². The summed E-state index contributed by atoms with van der Waals surface area (Å²) < 4.78 is 0. The molecule has 1 aromatic carbocycles. The predicted octanol–water partition coefficient (Wildman–Crippen LogP) is 3.76. The summed E-state index contributed by atoms with van der Waals surface area (Å²) in [7, 11) is 0. The summed E-state index contributed by atoms with van der Waals surface area (Å²) in [6.45, 7) is 4.66. The highest BCUT2D eigenvalue weighted by Gasteiger charge is 2.00. The van der Waals surface area contributed by atoms with Gasteiger partial charge < -0.3 is 10.6 Å². The lowest BCUT2D eigenvalue weighted by molar-refractivity contribution is 0.101. The minimum Gasteiger partial charge on any atom is -0.362 e. The van der Waals surface area contributed by atoms with Crippen LogP contribution in [0.3, 0.4) is 0 Å². The van der Waals surface area contributed by atoms with Crippen molar-refractivity contribution in [3.05, 3.63) is 29.8 Å². The maximum atomic E-state index is 11.1. The van der Waals surface area contributed by atoms with Crippen molar-refractivity contribution in [2.45, 2.75) is 39.5 Å². The lowest BCUT2D eigenvalue weighted by Crippen LogP contribution is -2.29. The molecule has 0 saturated heterocycles. The summed E-state index contributed by atoms with van der Waals surface area (Å²) in [6.07, 6.45) is 4.89. The second kappa shape index (κ2) is 8.64. The molecule has 1 rings (SSSR count). The minimum atomic E-state index is 0.0724. The van der Waals surface area contributed by atoms with Crippen molar-refractivity contribution < 1.29 is 4.79 Å². The smallest absolute Gasteiger partial charge is 0.170 e. The fraction of sp³-hybridized carbons (Fsp3) is 0.467. The third-order valence-corrected chi connectivity index (χ3v) is 3.11. The van der Waals surface area contributed by atoms with Crippen molar-refractivity contribution in [1.82, 2.24) is 5.32 Å². The predicted molar refractivity (Wildman–Crippen MR) is 84.8 cm³/mol. The van der Waals surface area contributed by atoms with E-state index in [-0.39, 0.29) is 5.78 Å². The van der Waals surface area contributed by atoms with Gasteiger partial charge in [-0.2, -0.15) is 0 Å². The van der Waals surface area contributed by atoms with Crippen molar-refractivity contribution in [2.24, 2.45) is 0 Å². The van der Waals surface area contributed by atoms with Crippen LogP contribution in [0.1, 0.15) is 49.9 Å². The van der Waals surface area contributed by atoms with Crippen LogP contribution in [-0.4, -0.2) is 17.4 Å². The molecule has 0 radical (unpaired) electrons. The third-order valence-electron chi connectivity index (χ3n) is 2.87. The number of benzene rings is 1. The Bertz CT molecular complexity index is 415. The molecule has 0 unspecified atom stereocenters. The molecule has 0 heterocycles. The van der Waals surface area contributed by atoms with Gasteiger partial charge in [0.15, 0.2) is 10.9 Å². The summed E-state index contributed by atoms with van der Waals surface area (Å²) in [5, 5.41) is 6.92. The monoisotopic (exact) mass is 278 g/mol. The maximum absolute atomic E-state index is 11.1. The van der Waals surface area contributed by atoms with E-state index in [9.17, 15) is 4.79 Å². The van der Waals surface area contributed by atoms with Gasteiger partial charge in [-0.1, -0.05) is 26.2 Å². The fourth-order valence-corrected chi connectivity index (χ4v) is 1.94. The quantitative estimate of drug-likeness (QED) is 0.453. The molecule has 0 aliphatic rings. The highest BCUT2D eigenvalue weighted by Crippen LogP contribution is 2.09. The largest absolute Gasteiger partial charge is 0.362 e. The number of ketones is 1. The van der Waals surface area contributed by atoms with Crippen LogP contribution in [0.5, 0.6) is 0 Å². The van der Waals surface area contributed by atoms with E-state index < -0.39 is 0 Å². The molecule has 0 atom stereocenters. The minimum absolute atomic E-state index is 0.0724. The summed E-state index contributed by atoms with van der Waals surface area (Å²) in [6, 6.07) is 7.33. The van der Waals surface area contributed by atoms with Gasteiger partial charge in [0, 0.05) is 17.8 Å². The van der Waals surface area contributed by atoms with Crippen LogP contribution in [-0.2, 0) is 0 Å². The fourth-order valence-electron chi connectivity index (χ4n) is 1.72. The standard InChI is InChI=1S/C15H22N2OS/c1-3-4-5-6-11-16-15(19)17-14-9-7-13(8-10-14)12(2)18/h7-10H,3-6,11H2,1-2H3,(H2,16,17,19). The molecule has 0 saturated carbocycles. The molecule has 19 heavy (non-hydrogen) atoms. The van der Waals surface area contributed by atoms with E-state index in [1.54, 1.807) is 19.1 Å². The zero-order valence-electron chi connectivity index (χ0n) is 11.7. The SMILES string of the molecule is CCCCCCNC(=S)Nc1ccc(C(C)=O)cc1. The van der Waals surface area contributed by atoms with Crippen molar-refractivity contribution in [3.63, 3.8) is 0 Å². The third kappa shape index (κ3) is 6.34. The van der Waals surface area contributed by atoms with E-state index in [2.05, 4.69) is 17.6 Å². The first kappa shape index (κ1) is 15.6. The van der Waals surface area contributed by atoms with E-state index in [4.69, 9.17) is 12.2 Å².